The highest BCUT2D eigenvalue weighted by molar-refractivity contribution is 5.96. The third-order valence-corrected chi connectivity index (χ3v) is 4.41. The van der Waals surface area contributed by atoms with Crippen molar-refractivity contribution >= 4 is 17.5 Å². The van der Waals surface area contributed by atoms with Crippen LogP contribution in [0.25, 0.3) is 0 Å². The number of carbonyl (C=O) groups is 1. The van der Waals surface area contributed by atoms with E-state index in [1.165, 1.54) is 0 Å². The Hall–Kier alpha value is -3.81. The predicted molar refractivity (Wildman–Crippen MR) is 114 cm³/mol. The number of nitrogens with zero attached hydrogens (tertiary/aromatic N) is 2. The fourth-order valence-electron chi connectivity index (χ4n) is 2.93. The van der Waals surface area contributed by atoms with Gasteiger partial charge in [-0.3, -0.25) is 4.79 Å². The normalized spacial score (nSPS) is 10.3. The summed E-state index contributed by atoms with van der Waals surface area (Å²) in [5, 5.41) is 5.76. The zero-order chi connectivity index (χ0) is 21.7. The van der Waals surface area contributed by atoms with Crippen molar-refractivity contribution in [2.45, 2.75) is 13.8 Å². The van der Waals surface area contributed by atoms with Crippen LogP contribution < -0.4 is 24.8 Å². The number of benzene rings is 2. The number of para-hydroxylation sites is 1. The molecule has 0 saturated carbocycles. The summed E-state index contributed by atoms with van der Waals surface area (Å²) in [4.78, 5) is 20.9. The number of aromatic nitrogens is 2. The molecule has 8 heteroatoms. The Labute approximate surface area is 175 Å². The van der Waals surface area contributed by atoms with Crippen molar-refractivity contribution in [3.05, 3.63) is 59.3 Å². The SMILES string of the molecule is CNC(=O)c1ccccc1Oc1nc(Nc2cc(C)c(OC)c(OC)c2)ncc1C. The van der Waals surface area contributed by atoms with E-state index in [9.17, 15) is 4.79 Å². The van der Waals surface area contributed by atoms with E-state index in [4.69, 9.17) is 14.2 Å². The number of nitrogens with one attached hydrogen (secondary N) is 2. The molecule has 0 aliphatic rings. The van der Waals surface area contributed by atoms with Crippen LogP contribution in [0.2, 0.25) is 0 Å². The number of hydrogen-bond acceptors (Lipinski definition) is 7. The van der Waals surface area contributed by atoms with Crippen LogP contribution in [0.15, 0.2) is 42.6 Å². The summed E-state index contributed by atoms with van der Waals surface area (Å²) in [6, 6.07) is 10.7. The van der Waals surface area contributed by atoms with Gasteiger partial charge in [-0.2, -0.15) is 4.98 Å². The van der Waals surface area contributed by atoms with Gasteiger partial charge in [-0.1, -0.05) is 12.1 Å². The standard InChI is InChI=1S/C22H24N4O4/c1-13-10-15(11-18(28-4)19(13)29-5)25-22-24-12-14(2)21(26-22)30-17-9-7-6-8-16(17)20(27)23-3/h6-12H,1-5H3,(H,23,27)(H,24,25,26). The van der Waals surface area contributed by atoms with Gasteiger partial charge in [0, 0.05) is 30.6 Å². The molecule has 156 valence electrons. The van der Waals surface area contributed by atoms with Crippen LogP contribution in [0, 0.1) is 13.8 Å². The van der Waals surface area contributed by atoms with E-state index < -0.39 is 0 Å². The average molecular weight is 408 g/mol. The maximum absolute atomic E-state index is 12.1. The van der Waals surface area contributed by atoms with E-state index in [1.54, 1.807) is 57.8 Å². The lowest BCUT2D eigenvalue weighted by Crippen LogP contribution is -2.18. The zero-order valence-electron chi connectivity index (χ0n) is 17.6. The number of rotatable bonds is 7. The molecule has 1 heterocycles. The van der Waals surface area contributed by atoms with Crippen molar-refractivity contribution < 1.29 is 19.0 Å². The van der Waals surface area contributed by atoms with Gasteiger partial charge in [0.25, 0.3) is 5.91 Å². The molecule has 0 unspecified atom stereocenters. The van der Waals surface area contributed by atoms with Crippen molar-refractivity contribution in [1.82, 2.24) is 15.3 Å². The van der Waals surface area contributed by atoms with Gasteiger partial charge in [-0.25, -0.2) is 4.98 Å². The quantitative estimate of drug-likeness (QED) is 0.610. The molecule has 1 amide bonds. The summed E-state index contributed by atoms with van der Waals surface area (Å²) in [5.41, 5.74) is 2.80. The first-order valence-corrected chi connectivity index (χ1v) is 9.29. The summed E-state index contributed by atoms with van der Waals surface area (Å²) < 4.78 is 16.7. The highest BCUT2D eigenvalue weighted by atomic mass is 16.5. The molecule has 0 aliphatic heterocycles. The molecule has 0 radical (unpaired) electrons. The number of carbonyl (C=O) groups excluding carboxylic acids is 1. The zero-order valence-corrected chi connectivity index (χ0v) is 17.6. The molecule has 0 atom stereocenters. The second kappa shape index (κ2) is 9.13. The Morgan fingerprint density at radius 2 is 1.77 bits per heavy atom. The van der Waals surface area contributed by atoms with Gasteiger partial charge in [-0.05, 0) is 37.6 Å². The van der Waals surface area contributed by atoms with Crippen LogP contribution in [-0.4, -0.2) is 37.1 Å². The molecule has 1 aromatic heterocycles. The van der Waals surface area contributed by atoms with E-state index in [1.807, 2.05) is 19.9 Å². The van der Waals surface area contributed by atoms with Gasteiger partial charge in [0.05, 0.1) is 19.8 Å². The van der Waals surface area contributed by atoms with Crippen molar-refractivity contribution in [2.24, 2.45) is 0 Å². The molecule has 8 nitrogen and oxygen atoms in total. The summed E-state index contributed by atoms with van der Waals surface area (Å²) in [6.45, 7) is 3.76. The van der Waals surface area contributed by atoms with Crippen LogP contribution in [0.3, 0.4) is 0 Å². The molecule has 2 N–H and O–H groups in total. The van der Waals surface area contributed by atoms with Gasteiger partial charge >= 0.3 is 0 Å². The van der Waals surface area contributed by atoms with E-state index >= 15 is 0 Å². The number of hydrogen-bond donors (Lipinski definition) is 2. The molecule has 2 aromatic carbocycles. The second-order valence-corrected chi connectivity index (χ2v) is 6.51. The van der Waals surface area contributed by atoms with Crippen molar-refractivity contribution in [1.29, 1.82) is 0 Å². The smallest absolute Gasteiger partial charge is 0.254 e. The molecular weight excluding hydrogens is 384 g/mol. The monoisotopic (exact) mass is 408 g/mol. The average Bonchev–Trinajstić information content (AvgIpc) is 2.75. The fourth-order valence-corrected chi connectivity index (χ4v) is 2.93. The molecule has 0 saturated heterocycles. The van der Waals surface area contributed by atoms with Gasteiger partial charge < -0.3 is 24.8 Å². The molecule has 3 rings (SSSR count). The first kappa shape index (κ1) is 20.9. The Bertz CT molecular complexity index is 1070. The van der Waals surface area contributed by atoms with Crippen LogP contribution in [0.4, 0.5) is 11.6 Å². The number of anilines is 2. The third-order valence-electron chi connectivity index (χ3n) is 4.41. The van der Waals surface area contributed by atoms with Crippen molar-refractivity contribution in [3.63, 3.8) is 0 Å². The van der Waals surface area contributed by atoms with E-state index in [0.29, 0.717) is 34.6 Å². The lowest BCUT2D eigenvalue weighted by atomic mass is 10.2. The van der Waals surface area contributed by atoms with Crippen LogP contribution >= 0.6 is 0 Å². The Kier molecular flexibility index (Phi) is 6.36. The largest absolute Gasteiger partial charge is 0.493 e. The summed E-state index contributed by atoms with van der Waals surface area (Å²) in [6.07, 6.45) is 1.65. The minimum Gasteiger partial charge on any atom is -0.493 e. The molecule has 0 bridgehead atoms. The maximum Gasteiger partial charge on any atom is 0.254 e. The predicted octanol–water partition coefficient (Wildman–Crippen LogP) is 4.01. The highest BCUT2D eigenvalue weighted by Crippen LogP contribution is 2.35. The molecule has 0 spiro atoms. The number of aryl methyl sites for hydroxylation is 2. The van der Waals surface area contributed by atoms with E-state index in [-0.39, 0.29) is 5.91 Å². The molecular formula is C22H24N4O4. The van der Waals surface area contributed by atoms with Gasteiger partial charge in [0.1, 0.15) is 5.75 Å². The van der Waals surface area contributed by atoms with Gasteiger partial charge in [0.15, 0.2) is 11.5 Å². The number of methoxy groups -OCH3 is 2. The molecule has 30 heavy (non-hydrogen) atoms. The minimum absolute atomic E-state index is 0.239. The summed E-state index contributed by atoms with van der Waals surface area (Å²) in [5.74, 6) is 2.13. The van der Waals surface area contributed by atoms with Crippen LogP contribution in [0.5, 0.6) is 23.1 Å². The molecule has 0 fully saturated rings. The minimum atomic E-state index is -0.239. The van der Waals surface area contributed by atoms with E-state index in [2.05, 4.69) is 20.6 Å². The number of amides is 1. The Morgan fingerprint density at radius 1 is 1.00 bits per heavy atom. The van der Waals surface area contributed by atoms with Crippen molar-refractivity contribution in [2.75, 3.05) is 26.6 Å². The van der Waals surface area contributed by atoms with E-state index in [0.717, 1.165) is 16.8 Å². The van der Waals surface area contributed by atoms with Gasteiger partial charge in [0.2, 0.25) is 11.8 Å². The lowest BCUT2D eigenvalue weighted by Gasteiger charge is -2.15. The lowest BCUT2D eigenvalue weighted by molar-refractivity contribution is 0.0960. The van der Waals surface area contributed by atoms with Gasteiger partial charge in [-0.15, -0.1) is 0 Å². The highest BCUT2D eigenvalue weighted by Gasteiger charge is 2.15. The number of ether oxygens (including phenoxy) is 3. The summed E-state index contributed by atoms with van der Waals surface area (Å²) in [7, 11) is 4.75. The van der Waals surface area contributed by atoms with Crippen LogP contribution in [-0.2, 0) is 0 Å². The maximum atomic E-state index is 12.1. The fraction of sp³-hybridized carbons (Fsp3) is 0.227. The first-order valence-electron chi connectivity index (χ1n) is 9.29. The summed E-state index contributed by atoms with van der Waals surface area (Å²) >= 11 is 0. The first-order chi connectivity index (χ1) is 14.5. The second-order valence-electron chi connectivity index (χ2n) is 6.51. The Morgan fingerprint density at radius 3 is 2.47 bits per heavy atom. The third kappa shape index (κ3) is 4.43. The molecule has 0 aliphatic carbocycles. The Balaban J connectivity index is 1.90. The van der Waals surface area contributed by atoms with Crippen LogP contribution in [0.1, 0.15) is 21.5 Å². The van der Waals surface area contributed by atoms with Crippen molar-refractivity contribution in [3.8, 4) is 23.1 Å². The molecule has 3 aromatic rings. The topological polar surface area (TPSA) is 94.6 Å².